The highest BCUT2D eigenvalue weighted by Crippen LogP contribution is 2.49. The molecule has 1 aliphatic carbocycles. The third-order valence-electron chi connectivity index (χ3n) is 6.23. The predicted molar refractivity (Wildman–Crippen MR) is 112 cm³/mol. The average molecular weight is 429 g/mol. The van der Waals surface area contributed by atoms with Crippen LogP contribution in [0.1, 0.15) is 36.9 Å². The molecule has 0 N–H and O–H groups in total. The number of nitrogens with zero attached hydrogens (tertiary/aromatic N) is 2. The molecule has 29 heavy (non-hydrogen) atoms. The summed E-state index contributed by atoms with van der Waals surface area (Å²) in [5.41, 5.74) is 2.45. The van der Waals surface area contributed by atoms with Crippen molar-refractivity contribution < 1.29 is 14.3 Å². The van der Waals surface area contributed by atoms with E-state index in [1.807, 2.05) is 36.6 Å². The van der Waals surface area contributed by atoms with Crippen LogP contribution in [0.2, 0.25) is 0 Å². The number of aryl methyl sites for hydroxylation is 1. The first-order valence-electron chi connectivity index (χ1n) is 9.84. The van der Waals surface area contributed by atoms with Crippen molar-refractivity contribution in [3.05, 3.63) is 58.3 Å². The van der Waals surface area contributed by atoms with Crippen LogP contribution in [0.15, 0.2) is 47.2 Å². The number of alkyl halides is 1. The number of thiazole rings is 1. The van der Waals surface area contributed by atoms with Crippen LogP contribution in [0, 0.1) is 18.8 Å². The summed E-state index contributed by atoms with van der Waals surface area (Å²) in [4.78, 5) is 33.0. The van der Waals surface area contributed by atoms with Gasteiger partial charge in [0.2, 0.25) is 0 Å². The Bertz CT molecular complexity index is 1000. The van der Waals surface area contributed by atoms with Crippen molar-refractivity contribution in [2.24, 2.45) is 11.8 Å². The highest BCUT2D eigenvalue weighted by atomic mass is 35.5. The molecule has 150 valence electrons. The Balaban J connectivity index is 1.63. The van der Waals surface area contributed by atoms with E-state index >= 15 is 0 Å². The number of anilines is 1. The van der Waals surface area contributed by atoms with Gasteiger partial charge in [-0.2, -0.15) is 0 Å². The lowest BCUT2D eigenvalue weighted by molar-refractivity contribution is -0.132. The fraction of sp³-hybridized carbons (Fsp3) is 0.409. The molecule has 1 aromatic heterocycles. The molecule has 3 heterocycles. The molecule has 1 aromatic carbocycles. The van der Waals surface area contributed by atoms with Crippen LogP contribution in [0.4, 0.5) is 5.13 Å². The number of ketones is 1. The lowest BCUT2D eigenvalue weighted by atomic mass is 9.74. The fourth-order valence-corrected chi connectivity index (χ4v) is 5.58. The molecule has 1 saturated carbocycles. The van der Waals surface area contributed by atoms with E-state index in [9.17, 15) is 9.59 Å². The summed E-state index contributed by atoms with van der Waals surface area (Å²) >= 11 is 7.87. The van der Waals surface area contributed by atoms with Gasteiger partial charge >= 0.3 is 0 Å². The molecular weight excluding hydrogens is 408 g/mol. The molecular formula is C22H21ClN2O3S. The quantitative estimate of drug-likeness (QED) is 0.664. The van der Waals surface area contributed by atoms with Gasteiger partial charge in [-0.15, -0.1) is 22.9 Å². The molecule has 0 bridgehead atoms. The van der Waals surface area contributed by atoms with Crippen LogP contribution >= 0.6 is 22.9 Å². The second-order valence-corrected chi connectivity index (χ2v) is 9.57. The smallest absolute Gasteiger partial charge is 0.296 e. The zero-order valence-corrected chi connectivity index (χ0v) is 17.7. The maximum atomic E-state index is 13.6. The highest BCUT2D eigenvalue weighted by Gasteiger charge is 2.54. The number of Topliss-reactive ketones (excluding diaryl/α,β-unsaturated/α-hetero) is 1. The van der Waals surface area contributed by atoms with E-state index in [2.05, 4.69) is 11.9 Å². The maximum absolute atomic E-state index is 13.6. The van der Waals surface area contributed by atoms with Gasteiger partial charge in [0.25, 0.3) is 5.91 Å². The minimum Gasteiger partial charge on any atom is -0.483 e. The first kappa shape index (κ1) is 18.8. The number of benzene rings is 1. The van der Waals surface area contributed by atoms with E-state index in [0.717, 1.165) is 11.1 Å². The Morgan fingerprint density at radius 2 is 1.97 bits per heavy atom. The van der Waals surface area contributed by atoms with Crippen molar-refractivity contribution in [1.29, 1.82) is 0 Å². The third kappa shape index (κ3) is 2.92. The van der Waals surface area contributed by atoms with Gasteiger partial charge in [-0.1, -0.05) is 36.8 Å². The molecule has 2 aromatic rings. The van der Waals surface area contributed by atoms with Gasteiger partial charge in [0.05, 0.1) is 17.5 Å². The second kappa shape index (κ2) is 6.96. The number of halogens is 1. The number of rotatable bonds is 2. The van der Waals surface area contributed by atoms with Crippen LogP contribution in [0.25, 0.3) is 0 Å². The van der Waals surface area contributed by atoms with Crippen molar-refractivity contribution in [1.82, 2.24) is 4.98 Å². The number of hydrogen-bond acceptors (Lipinski definition) is 5. The largest absolute Gasteiger partial charge is 0.483 e. The minimum atomic E-state index is -0.522. The van der Waals surface area contributed by atoms with Gasteiger partial charge in [0, 0.05) is 17.0 Å². The zero-order valence-electron chi connectivity index (χ0n) is 16.2. The van der Waals surface area contributed by atoms with Crippen LogP contribution in [-0.2, 0) is 14.3 Å². The van der Waals surface area contributed by atoms with Crippen molar-refractivity contribution in [2.45, 2.75) is 44.2 Å². The summed E-state index contributed by atoms with van der Waals surface area (Å²) in [5, 5.41) is 2.34. The Morgan fingerprint density at radius 3 is 2.66 bits per heavy atom. The van der Waals surface area contributed by atoms with Crippen molar-refractivity contribution in [3.63, 3.8) is 0 Å². The van der Waals surface area contributed by atoms with Gasteiger partial charge < -0.3 is 4.74 Å². The van der Waals surface area contributed by atoms with Gasteiger partial charge in [-0.25, -0.2) is 4.98 Å². The summed E-state index contributed by atoms with van der Waals surface area (Å²) in [7, 11) is 0. The summed E-state index contributed by atoms with van der Waals surface area (Å²) in [6.45, 7) is 4.08. The van der Waals surface area contributed by atoms with Crippen LogP contribution < -0.4 is 4.90 Å². The Kier molecular flexibility index (Phi) is 4.51. The molecule has 1 amide bonds. The van der Waals surface area contributed by atoms with E-state index < -0.39 is 6.04 Å². The van der Waals surface area contributed by atoms with Crippen LogP contribution in [-0.4, -0.2) is 28.2 Å². The first-order chi connectivity index (χ1) is 14.0. The van der Waals surface area contributed by atoms with Crippen LogP contribution in [0.5, 0.6) is 0 Å². The second-order valence-electron chi connectivity index (χ2n) is 8.14. The number of ether oxygens (including phenoxy) is 1. The molecule has 7 heteroatoms. The van der Waals surface area contributed by atoms with Crippen molar-refractivity contribution >= 4 is 39.8 Å². The summed E-state index contributed by atoms with van der Waals surface area (Å²) in [6.07, 6.45) is 2.64. The highest BCUT2D eigenvalue weighted by molar-refractivity contribution is 7.13. The SMILES string of the molecule is Cc1ccc(C2C3=C(OC4CC(C)C(Cl)CC4C3=O)C(=O)N2c2nccs2)cc1. The normalized spacial score (nSPS) is 31.6. The van der Waals surface area contributed by atoms with E-state index in [1.165, 1.54) is 11.3 Å². The summed E-state index contributed by atoms with van der Waals surface area (Å²) < 4.78 is 6.21. The molecule has 1 fully saturated rings. The van der Waals surface area contributed by atoms with Crippen molar-refractivity contribution in [2.75, 3.05) is 4.90 Å². The van der Waals surface area contributed by atoms with E-state index in [-0.39, 0.29) is 40.8 Å². The van der Waals surface area contributed by atoms with Gasteiger partial charge in [0.1, 0.15) is 6.10 Å². The van der Waals surface area contributed by atoms with Gasteiger partial charge in [-0.05, 0) is 31.2 Å². The first-order valence-corrected chi connectivity index (χ1v) is 11.2. The molecule has 0 saturated heterocycles. The summed E-state index contributed by atoms with van der Waals surface area (Å²) in [6, 6.07) is 7.40. The van der Waals surface area contributed by atoms with Crippen molar-refractivity contribution in [3.8, 4) is 0 Å². The predicted octanol–water partition coefficient (Wildman–Crippen LogP) is 4.41. The maximum Gasteiger partial charge on any atom is 0.296 e. The summed E-state index contributed by atoms with van der Waals surface area (Å²) in [5.74, 6) is -0.159. The van der Waals surface area contributed by atoms with Gasteiger partial charge in [-0.3, -0.25) is 14.5 Å². The number of aromatic nitrogens is 1. The molecule has 0 spiro atoms. The molecule has 0 radical (unpaired) electrons. The lowest BCUT2D eigenvalue weighted by Gasteiger charge is -2.39. The molecule has 3 aliphatic rings. The monoisotopic (exact) mass is 428 g/mol. The number of amides is 1. The number of carbonyl (C=O) groups excluding carboxylic acids is 2. The molecule has 5 rings (SSSR count). The molecule has 5 atom stereocenters. The zero-order chi connectivity index (χ0) is 20.3. The fourth-order valence-electron chi connectivity index (χ4n) is 4.61. The molecule has 5 nitrogen and oxygen atoms in total. The Labute approximate surface area is 178 Å². The van der Waals surface area contributed by atoms with E-state index in [4.69, 9.17) is 16.3 Å². The van der Waals surface area contributed by atoms with Crippen LogP contribution in [0.3, 0.4) is 0 Å². The Morgan fingerprint density at radius 1 is 1.21 bits per heavy atom. The topological polar surface area (TPSA) is 59.5 Å². The lowest BCUT2D eigenvalue weighted by Crippen LogP contribution is -2.44. The molecule has 2 aliphatic heterocycles. The van der Waals surface area contributed by atoms with E-state index in [0.29, 0.717) is 23.5 Å². The third-order valence-corrected chi connectivity index (χ3v) is 7.61. The van der Waals surface area contributed by atoms with E-state index in [1.54, 1.807) is 11.1 Å². The number of fused-ring (bicyclic) bond motifs is 1. The van der Waals surface area contributed by atoms with Gasteiger partial charge in [0.15, 0.2) is 16.7 Å². The molecule has 5 unspecified atom stereocenters. The standard InChI is InChI=1S/C22H21ClN2O3S/c1-11-3-5-13(6-4-11)18-17-19(26)14-10-15(23)12(2)9-16(14)28-20(17)21(27)25(18)22-24-7-8-29-22/h3-8,12,14-16,18H,9-10H2,1-2H3. The number of carbonyl (C=O) groups is 2. The number of hydrogen-bond donors (Lipinski definition) is 0. The minimum absolute atomic E-state index is 0.00761. The Hall–Kier alpha value is -2.18. The average Bonchev–Trinajstić information content (AvgIpc) is 3.31.